The Bertz CT molecular complexity index is 410. The third kappa shape index (κ3) is 3.45. The van der Waals surface area contributed by atoms with E-state index >= 15 is 0 Å². The van der Waals surface area contributed by atoms with Crippen molar-refractivity contribution in [3.63, 3.8) is 0 Å². The van der Waals surface area contributed by atoms with Crippen molar-refractivity contribution in [3.05, 3.63) is 30.3 Å². The van der Waals surface area contributed by atoms with Crippen LogP contribution in [0.2, 0.25) is 0 Å². The number of benzene rings is 1. The summed E-state index contributed by atoms with van der Waals surface area (Å²) in [7, 11) is 1.69. The van der Waals surface area contributed by atoms with E-state index in [4.69, 9.17) is 15.2 Å². The van der Waals surface area contributed by atoms with Gasteiger partial charge >= 0.3 is 6.09 Å². The number of nitrogens with zero attached hydrogens (tertiary/aromatic N) is 1. The van der Waals surface area contributed by atoms with Crippen LogP contribution in [-0.2, 0) is 4.74 Å². The Morgan fingerprint density at radius 2 is 2.16 bits per heavy atom. The molecule has 5 heteroatoms. The van der Waals surface area contributed by atoms with Crippen molar-refractivity contribution >= 4 is 6.09 Å². The summed E-state index contributed by atoms with van der Waals surface area (Å²) in [4.78, 5) is 13.8. The summed E-state index contributed by atoms with van der Waals surface area (Å²) in [5, 5.41) is 0. The zero-order valence-electron chi connectivity index (χ0n) is 11.1. The topological polar surface area (TPSA) is 64.8 Å². The smallest absolute Gasteiger partial charge is 0.410 e. The van der Waals surface area contributed by atoms with Crippen molar-refractivity contribution in [2.45, 2.75) is 25.0 Å². The molecule has 0 aromatic heterocycles. The predicted octanol–water partition coefficient (Wildman–Crippen LogP) is 1.62. The van der Waals surface area contributed by atoms with Gasteiger partial charge < -0.3 is 20.1 Å². The maximum absolute atomic E-state index is 12.1. The third-order valence-electron chi connectivity index (χ3n) is 3.46. The molecule has 5 nitrogen and oxygen atoms in total. The average Bonchev–Trinajstić information content (AvgIpc) is 2.47. The van der Waals surface area contributed by atoms with Gasteiger partial charge in [-0.3, -0.25) is 0 Å². The van der Waals surface area contributed by atoms with E-state index in [9.17, 15) is 4.79 Å². The number of ether oxygens (including phenoxy) is 2. The molecule has 0 bridgehead atoms. The Balaban J connectivity index is 1.98. The first-order valence-electron chi connectivity index (χ1n) is 6.51. The fraction of sp³-hybridized carbons (Fsp3) is 0.500. The van der Waals surface area contributed by atoms with Gasteiger partial charge in [0, 0.05) is 26.2 Å². The number of rotatable bonds is 3. The van der Waals surface area contributed by atoms with Crippen molar-refractivity contribution in [1.82, 2.24) is 4.90 Å². The molecule has 1 aliphatic rings. The van der Waals surface area contributed by atoms with E-state index in [1.807, 2.05) is 18.2 Å². The first kappa shape index (κ1) is 13.8. The van der Waals surface area contributed by atoms with Crippen LogP contribution in [0.3, 0.4) is 0 Å². The monoisotopic (exact) mass is 264 g/mol. The van der Waals surface area contributed by atoms with E-state index in [1.165, 1.54) is 0 Å². The zero-order chi connectivity index (χ0) is 13.7. The summed E-state index contributed by atoms with van der Waals surface area (Å²) >= 11 is 0. The number of hydrogen-bond donors (Lipinski definition) is 1. The van der Waals surface area contributed by atoms with E-state index in [-0.39, 0.29) is 18.2 Å². The quantitative estimate of drug-likeness (QED) is 0.901. The van der Waals surface area contributed by atoms with Crippen LogP contribution in [0.25, 0.3) is 0 Å². The van der Waals surface area contributed by atoms with Crippen molar-refractivity contribution in [1.29, 1.82) is 0 Å². The van der Waals surface area contributed by atoms with Crippen LogP contribution in [-0.4, -0.2) is 43.3 Å². The Kier molecular flexibility index (Phi) is 4.76. The first-order chi connectivity index (χ1) is 9.24. The molecule has 1 aliphatic heterocycles. The molecule has 2 N–H and O–H groups in total. The molecule has 104 valence electrons. The molecule has 0 saturated carbocycles. The molecule has 0 aliphatic carbocycles. The second kappa shape index (κ2) is 6.54. The van der Waals surface area contributed by atoms with Crippen LogP contribution < -0.4 is 10.5 Å². The number of nitrogens with two attached hydrogens (primary N) is 1. The average molecular weight is 264 g/mol. The van der Waals surface area contributed by atoms with Gasteiger partial charge in [0.2, 0.25) is 0 Å². The Morgan fingerprint density at radius 3 is 2.79 bits per heavy atom. The van der Waals surface area contributed by atoms with Crippen LogP contribution in [0.15, 0.2) is 30.3 Å². The normalized spacial score (nSPS) is 23.2. The van der Waals surface area contributed by atoms with Gasteiger partial charge in [0.1, 0.15) is 5.75 Å². The van der Waals surface area contributed by atoms with Gasteiger partial charge in [-0.2, -0.15) is 0 Å². The summed E-state index contributed by atoms with van der Waals surface area (Å²) in [5.41, 5.74) is 5.74. The van der Waals surface area contributed by atoms with Gasteiger partial charge in [-0.15, -0.1) is 0 Å². The molecule has 0 radical (unpaired) electrons. The summed E-state index contributed by atoms with van der Waals surface area (Å²) in [6, 6.07) is 9.05. The van der Waals surface area contributed by atoms with E-state index in [2.05, 4.69) is 0 Å². The molecule has 1 amide bonds. The van der Waals surface area contributed by atoms with Gasteiger partial charge in [-0.25, -0.2) is 4.79 Å². The lowest BCUT2D eigenvalue weighted by atomic mass is 10.00. The maximum Gasteiger partial charge on any atom is 0.415 e. The van der Waals surface area contributed by atoms with Gasteiger partial charge in [-0.05, 0) is 25.0 Å². The van der Waals surface area contributed by atoms with Crippen molar-refractivity contribution < 1.29 is 14.3 Å². The van der Waals surface area contributed by atoms with E-state index < -0.39 is 0 Å². The molecule has 2 unspecified atom stereocenters. The van der Waals surface area contributed by atoms with Crippen LogP contribution in [0.4, 0.5) is 4.79 Å². The highest BCUT2D eigenvalue weighted by atomic mass is 16.6. The maximum atomic E-state index is 12.1. The standard InChI is InChI=1S/C14H20N2O3/c1-18-13-7-8-16(11(9-13)10-15)14(17)19-12-5-3-2-4-6-12/h2-6,11,13H,7-10,15H2,1H3. The molecule has 2 atom stereocenters. The van der Waals surface area contributed by atoms with E-state index in [0.717, 1.165) is 12.8 Å². The molecule has 2 rings (SSSR count). The number of para-hydroxylation sites is 1. The van der Waals surface area contributed by atoms with E-state index in [0.29, 0.717) is 18.8 Å². The van der Waals surface area contributed by atoms with Crippen LogP contribution in [0.1, 0.15) is 12.8 Å². The number of amides is 1. The largest absolute Gasteiger partial charge is 0.415 e. The SMILES string of the molecule is COC1CCN(C(=O)Oc2ccccc2)C(CN)C1. The first-order valence-corrected chi connectivity index (χ1v) is 6.51. The number of carbonyl (C=O) groups excluding carboxylic acids is 1. The highest BCUT2D eigenvalue weighted by Crippen LogP contribution is 2.21. The molecule has 19 heavy (non-hydrogen) atoms. The Labute approximate surface area is 113 Å². The lowest BCUT2D eigenvalue weighted by Gasteiger charge is -2.37. The molecule has 1 saturated heterocycles. The lowest BCUT2D eigenvalue weighted by Crippen LogP contribution is -2.52. The minimum Gasteiger partial charge on any atom is -0.410 e. The molecule has 1 aromatic carbocycles. The lowest BCUT2D eigenvalue weighted by molar-refractivity contribution is 0.0191. The molecule has 0 spiro atoms. The zero-order valence-corrected chi connectivity index (χ0v) is 11.1. The third-order valence-corrected chi connectivity index (χ3v) is 3.46. The van der Waals surface area contributed by atoms with Crippen molar-refractivity contribution in [2.75, 3.05) is 20.2 Å². The van der Waals surface area contributed by atoms with Gasteiger partial charge in [0.05, 0.1) is 6.10 Å². The number of hydrogen-bond acceptors (Lipinski definition) is 4. The molecule has 1 fully saturated rings. The summed E-state index contributed by atoms with van der Waals surface area (Å²) in [6.07, 6.45) is 1.42. The second-order valence-electron chi connectivity index (χ2n) is 4.65. The minimum absolute atomic E-state index is 0.0186. The van der Waals surface area contributed by atoms with Crippen LogP contribution in [0, 0.1) is 0 Å². The second-order valence-corrected chi connectivity index (χ2v) is 4.65. The highest BCUT2D eigenvalue weighted by Gasteiger charge is 2.31. The van der Waals surface area contributed by atoms with Crippen LogP contribution >= 0.6 is 0 Å². The molecular formula is C14H20N2O3. The fourth-order valence-electron chi connectivity index (χ4n) is 2.34. The summed E-state index contributed by atoms with van der Waals surface area (Å²) in [6.45, 7) is 1.04. The fourth-order valence-corrected chi connectivity index (χ4v) is 2.34. The van der Waals surface area contributed by atoms with Gasteiger partial charge in [-0.1, -0.05) is 18.2 Å². The molecule has 1 aromatic rings. The highest BCUT2D eigenvalue weighted by molar-refractivity contribution is 5.71. The minimum atomic E-state index is -0.337. The number of likely N-dealkylation sites (tertiary alicyclic amines) is 1. The van der Waals surface area contributed by atoms with Crippen molar-refractivity contribution in [3.8, 4) is 5.75 Å². The molecular weight excluding hydrogens is 244 g/mol. The number of carbonyl (C=O) groups is 1. The van der Waals surface area contributed by atoms with Gasteiger partial charge in [0.15, 0.2) is 0 Å². The number of methoxy groups -OCH3 is 1. The van der Waals surface area contributed by atoms with Crippen LogP contribution in [0.5, 0.6) is 5.75 Å². The summed E-state index contributed by atoms with van der Waals surface area (Å²) in [5.74, 6) is 0.553. The molecule has 1 heterocycles. The summed E-state index contributed by atoms with van der Waals surface area (Å²) < 4.78 is 10.7. The Hall–Kier alpha value is -1.59. The number of piperidine rings is 1. The van der Waals surface area contributed by atoms with Gasteiger partial charge in [0.25, 0.3) is 0 Å². The predicted molar refractivity (Wildman–Crippen MR) is 72.0 cm³/mol. The van der Waals surface area contributed by atoms with E-state index in [1.54, 1.807) is 24.1 Å². The Morgan fingerprint density at radius 1 is 1.42 bits per heavy atom. The van der Waals surface area contributed by atoms with Crippen molar-refractivity contribution in [2.24, 2.45) is 5.73 Å².